The Morgan fingerprint density at radius 1 is 1.11 bits per heavy atom. The van der Waals surface area contributed by atoms with Crippen molar-refractivity contribution in [1.82, 2.24) is 0 Å². The van der Waals surface area contributed by atoms with Crippen molar-refractivity contribution < 1.29 is 19.4 Å². The molecule has 5 rings (SSSR count). The van der Waals surface area contributed by atoms with Crippen molar-refractivity contribution in [2.24, 2.45) is 17.8 Å². The minimum atomic E-state index is -0.342. The van der Waals surface area contributed by atoms with E-state index in [1.807, 2.05) is 42.5 Å². The van der Waals surface area contributed by atoms with Gasteiger partial charge in [-0.3, -0.25) is 14.5 Å². The number of anilines is 1. The standard InChI is InChI=1S/C30H32BrNO4/c1-3-7-19(15-20-16-21(31)11-12-25(20)33)10-13-26-27-18(2)14-23-28(24(27)17-36-26)30(35)32(29(23)34)22-8-5-4-6-9-22/h4-6,8-9,11-12,15-16,23-24,26,28,33H,3,7,10,13-14,17H2,1-2H3/b19-15+/t23-,24+,26-,28-/m1/s1. The van der Waals surface area contributed by atoms with E-state index in [2.05, 4.69) is 35.9 Å². The largest absolute Gasteiger partial charge is 0.507 e. The third-order valence-corrected chi connectivity index (χ3v) is 8.31. The molecule has 0 radical (unpaired) electrons. The fourth-order valence-corrected chi connectivity index (χ4v) is 6.61. The first-order valence-electron chi connectivity index (χ1n) is 12.8. The van der Waals surface area contributed by atoms with Gasteiger partial charge < -0.3 is 9.84 Å². The lowest BCUT2D eigenvalue weighted by Crippen LogP contribution is -2.34. The van der Waals surface area contributed by atoms with Gasteiger partial charge >= 0.3 is 0 Å². The van der Waals surface area contributed by atoms with E-state index in [0.717, 1.165) is 35.7 Å². The fraction of sp³-hybridized carbons (Fsp3) is 0.400. The Bertz CT molecular complexity index is 1230. The van der Waals surface area contributed by atoms with Crippen LogP contribution < -0.4 is 4.90 Å². The average molecular weight is 550 g/mol. The summed E-state index contributed by atoms with van der Waals surface area (Å²) in [6, 6.07) is 14.7. The SMILES string of the molecule is CCC/C(=C\c1cc(Br)ccc1O)CC[C@H]1OC[C@H]2C1=C(C)C[C@H]1C(=O)N(c3ccccc3)C(=O)[C@H]12. The van der Waals surface area contributed by atoms with E-state index in [-0.39, 0.29) is 41.4 Å². The molecule has 0 unspecified atom stereocenters. The van der Waals surface area contributed by atoms with E-state index < -0.39 is 0 Å². The second-order valence-electron chi connectivity index (χ2n) is 10.1. The number of fused-ring (bicyclic) bond motifs is 3. The van der Waals surface area contributed by atoms with Crippen molar-refractivity contribution in [2.45, 2.75) is 52.1 Å². The highest BCUT2D eigenvalue weighted by atomic mass is 79.9. The second-order valence-corrected chi connectivity index (χ2v) is 11.1. The molecule has 0 bridgehead atoms. The molecule has 3 aliphatic rings. The van der Waals surface area contributed by atoms with E-state index in [1.165, 1.54) is 21.6 Å². The Hall–Kier alpha value is -2.70. The molecule has 6 heteroatoms. The first-order chi connectivity index (χ1) is 17.4. The molecule has 188 valence electrons. The summed E-state index contributed by atoms with van der Waals surface area (Å²) >= 11 is 3.49. The molecule has 0 spiro atoms. The molecule has 0 saturated carbocycles. The number of carbonyl (C=O) groups is 2. The zero-order valence-electron chi connectivity index (χ0n) is 20.7. The lowest BCUT2D eigenvalue weighted by molar-refractivity contribution is -0.122. The van der Waals surface area contributed by atoms with Crippen molar-refractivity contribution in [3.8, 4) is 5.75 Å². The molecule has 0 aromatic heterocycles. The smallest absolute Gasteiger partial charge is 0.238 e. The van der Waals surface area contributed by atoms with Gasteiger partial charge in [-0.05, 0) is 68.5 Å². The van der Waals surface area contributed by atoms with Gasteiger partial charge in [-0.1, -0.05) is 64.7 Å². The van der Waals surface area contributed by atoms with Gasteiger partial charge in [0, 0.05) is 16.0 Å². The number of para-hydroxylation sites is 1. The zero-order chi connectivity index (χ0) is 25.4. The number of rotatable bonds is 7. The molecule has 2 aliphatic heterocycles. The molecule has 4 atom stereocenters. The highest BCUT2D eigenvalue weighted by Gasteiger charge is 2.56. The van der Waals surface area contributed by atoms with Gasteiger partial charge in [0.1, 0.15) is 5.75 Å². The van der Waals surface area contributed by atoms with Gasteiger partial charge in [-0.15, -0.1) is 0 Å². The van der Waals surface area contributed by atoms with E-state index in [4.69, 9.17) is 4.74 Å². The molecular formula is C30H32BrNO4. The molecule has 2 aromatic carbocycles. The number of hydrogen-bond acceptors (Lipinski definition) is 4. The fourth-order valence-electron chi connectivity index (χ4n) is 6.23. The number of allylic oxidation sites excluding steroid dienone is 2. The number of hydrogen-bond donors (Lipinski definition) is 1. The summed E-state index contributed by atoms with van der Waals surface area (Å²) in [5.41, 5.74) is 5.16. The third-order valence-electron chi connectivity index (χ3n) is 7.81. The van der Waals surface area contributed by atoms with Crippen molar-refractivity contribution in [1.29, 1.82) is 0 Å². The maximum atomic E-state index is 13.5. The highest BCUT2D eigenvalue weighted by Crippen LogP contribution is 2.50. The summed E-state index contributed by atoms with van der Waals surface area (Å²) in [6.45, 7) is 4.75. The molecule has 2 fully saturated rings. The van der Waals surface area contributed by atoms with Crippen LogP contribution in [-0.2, 0) is 14.3 Å². The Kier molecular flexibility index (Phi) is 7.18. The maximum Gasteiger partial charge on any atom is 0.238 e. The summed E-state index contributed by atoms with van der Waals surface area (Å²) in [4.78, 5) is 28.2. The van der Waals surface area contributed by atoms with Crippen LogP contribution in [0.3, 0.4) is 0 Å². The summed E-state index contributed by atoms with van der Waals surface area (Å²) in [6.07, 6.45) is 6.31. The Labute approximate surface area is 221 Å². The van der Waals surface area contributed by atoms with E-state index in [1.54, 1.807) is 6.07 Å². The predicted octanol–water partition coefficient (Wildman–Crippen LogP) is 6.66. The molecule has 1 N–H and O–H groups in total. The van der Waals surface area contributed by atoms with E-state index in [0.29, 0.717) is 18.7 Å². The molecule has 2 amide bonds. The van der Waals surface area contributed by atoms with Crippen LogP contribution in [0.4, 0.5) is 5.69 Å². The predicted molar refractivity (Wildman–Crippen MR) is 144 cm³/mol. The molecule has 2 saturated heterocycles. The Morgan fingerprint density at radius 3 is 2.64 bits per heavy atom. The molecule has 2 heterocycles. The number of nitrogens with zero attached hydrogens (tertiary/aromatic N) is 1. The van der Waals surface area contributed by atoms with E-state index in [9.17, 15) is 14.7 Å². The van der Waals surface area contributed by atoms with Crippen molar-refractivity contribution in [2.75, 3.05) is 11.5 Å². The topological polar surface area (TPSA) is 66.8 Å². The number of carbonyl (C=O) groups excluding carboxylic acids is 2. The third kappa shape index (κ3) is 4.57. The minimum absolute atomic E-state index is 0.0355. The summed E-state index contributed by atoms with van der Waals surface area (Å²) in [5.74, 6) is -0.582. The van der Waals surface area contributed by atoms with Crippen LogP contribution in [0.5, 0.6) is 5.75 Å². The first kappa shape index (κ1) is 25.0. The number of amides is 2. The first-order valence-corrected chi connectivity index (χ1v) is 13.6. The molecule has 5 nitrogen and oxygen atoms in total. The van der Waals surface area contributed by atoms with Crippen LogP contribution >= 0.6 is 15.9 Å². The van der Waals surface area contributed by atoms with Crippen LogP contribution in [-0.4, -0.2) is 29.6 Å². The zero-order valence-corrected chi connectivity index (χ0v) is 22.3. The van der Waals surface area contributed by atoms with Gasteiger partial charge in [0.2, 0.25) is 11.8 Å². The lowest BCUT2D eigenvalue weighted by Gasteiger charge is -2.30. The van der Waals surface area contributed by atoms with Crippen LogP contribution in [0, 0.1) is 17.8 Å². The monoisotopic (exact) mass is 549 g/mol. The number of aromatic hydroxyl groups is 1. The number of ether oxygens (including phenoxy) is 1. The summed E-state index contributed by atoms with van der Waals surface area (Å²) in [5, 5.41) is 10.3. The molecule has 2 aromatic rings. The van der Waals surface area contributed by atoms with Crippen LogP contribution in [0.15, 0.2) is 69.7 Å². The number of phenolic OH excluding ortho intramolecular Hbond substituents is 1. The quantitative estimate of drug-likeness (QED) is 0.309. The van der Waals surface area contributed by atoms with Crippen LogP contribution in [0.1, 0.15) is 51.5 Å². The summed E-state index contributed by atoms with van der Waals surface area (Å²) < 4.78 is 7.23. The van der Waals surface area contributed by atoms with E-state index >= 15 is 0 Å². The van der Waals surface area contributed by atoms with Gasteiger partial charge in [0.05, 0.1) is 30.2 Å². The van der Waals surface area contributed by atoms with Gasteiger partial charge in [0.25, 0.3) is 0 Å². The highest BCUT2D eigenvalue weighted by molar-refractivity contribution is 9.10. The Balaban J connectivity index is 1.35. The normalized spacial score (nSPS) is 26.0. The number of halogens is 1. The molecule has 36 heavy (non-hydrogen) atoms. The van der Waals surface area contributed by atoms with Gasteiger partial charge in [0.15, 0.2) is 0 Å². The molecule has 1 aliphatic carbocycles. The van der Waals surface area contributed by atoms with Crippen LogP contribution in [0.25, 0.3) is 6.08 Å². The Morgan fingerprint density at radius 2 is 1.89 bits per heavy atom. The van der Waals surface area contributed by atoms with Crippen LogP contribution in [0.2, 0.25) is 0 Å². The van der Waals surface area contributed by atoms with Gasteiger partial charge in [-0.2, -0.15) is 0 Å². The molecular weight excluding hydrogens is 518 g/mol. The average Bonchev–Trinajstić information content (AvgIpc) is 3.39. The van der Waals surface area contributed by atoms with Crippen molar-refractivity contribution in [3.63, 3.8) is 0 Å². The summed E-state index contributed by atoms with van der Waals surface area (Å²) in [7, 11) is 0. The lowest BCUT2D eigenvalue weighted by atomic mass is 9.70. The van der Waals surface area contributed by atoms with Crippen molar-refractivity contribution >= 4 is 39.5 Å². The number of benzene rings is 2. The number of imide groups is 1. The number of phenols is 1. The minimum Gasteiger partial charge on any atom is -0.507 e. The maximum absolute atomic E-state index is 13.5. The van der Waals surface area contributed by atoms with Gasteiger partial charge in [-0.25, -0.2) is 0 Å². The second kappa shape index (κ2) is 10.3. The van der Waals surface area contributed by atoms with Crippen molar-refractivity contribution in [3.05, 3.63) is 75.3 Å².